The topological polar surface area (TPSA) is 34.3 Å². The standard InChI is InChI=1S/C9H14O3/c1-2-7(9-8(3-1)12-9)11-5-6-4-10-6/h6-9H,1-5H2. The van der Waals surface area contributed by atoms with Crippen molar-refractivity contribution in [2.75, 3.05) is 13.2 Å². The molecule has 3 heteroatoms. The van der Waals surface area contributed by atoms with E-state index in [9.17, 15) is 0 Å². The van der Waals surface area contributed by atoms with Crippen molar-refractivity contribution in [3.05, 3.63) is 0 Å². The smallest absolute Gasteiger partial charge is 0.110 e. The maximum absolute atomic E-state index is 5.71. The van der Waals surface area contributed by atoms with Gasteiger partial charge in [0.1, 0.15) is 12.2 Å². The van der Waals surface area contributed by atoms with Crippen LogP contribution in [0.5, 0.6) is 0 Å². The molecule has 68 valence electrons. The molecular formula is C9H14O3. The van der Waals surface area contributed by atoms with E-state index in [0.717, 1.165) is 13.2 Å². The van der Waals surface area contributed by atoms with Gasteiger partial charge in [-0.15, -0.1) is 0 Å². The first-order chi connectivity index (χ1) is 5.93. The van der Waals surface area contributed by atoms with Crippen molar-refractivity contribution < 1.29 is 14.2 Å². The van der Waals surface area contributed by atoms with Crippen molar-refractivity contribution in [2.45, 2.75) is 43.7 Å². The second-order valence-electron chi connectivity index (χ2n) is 3.90. The zero-order valence-corrected chi connectivity index (χ0v) is 7.07. The first-order valence-corrected chi connectivity index (χ1v) is 4.82. The second-order valence-corrected chi connectivity index (χ2v) is 3.90. The van der Waals surface area contributed by atoms with E-state index < -0.39 is 0 Å². The zero-order valence-electron chi connectivity index (χ0n) is 7.07. The molecule has 3 aliphatic rings. The molecule has 3 fully saturated rings. The van der Waals surface area contributed by atoms with E-state index in [-0.39, 0.29) is 0 Å². The molecule has 0 N–H and O–H groups in total. The van der Waals surface area contributed by atoms with Gasteiger partial charge in [-0.1, -0.05) is 0 Å². The van der Waals surface area contributed by atoms with Crippen LogP contribution in [0.1, 0.15) is 19.3 Å². The molecule has 0 spiro atoms. The zero-order chi connectivity index (χ0) is 7.97. The average Bonchev–Trinajstić information content (AvgIpc) is 2.95. The summed E-state index contributed by atoms with van der Waals surface area (Å²) in [6, 6.07) is 0. The maximum Gasteiger partial charge on any atom is 0.110 e. The Bertz CT molecular complexity index is 179. The molecule has 1 saturated carbocycles. The van der Waals surface area contributed by atoms with Crippen molar-refractivity contribution in [3.63, 3.8) is 0 Å². The van der Waals surface area contributed by atoms with Crippen LogP contribution in [0.3, 0.4) is 0 Å². The molecule has 0 amide bonds. The summed E-state index contributed by atoms with van der Waals surface area (Å²) in [5.41, 5.74) is 0. The Morgan fingerprint density at radius 3 is 3.08 bits per heavy atom. The lowest BCUT2D eigenvalue weighted by molar-refractivity contribution is 0.0167. The van der Waals surface area contributed by atoms with Gasteiger partial charge in [0.05, 0.1) is 25.4 Å². The third-order valence-electron chi connectivity index (χ3n) is 2.86. The van der Waals surface area contributed by atoms with Crippen molar-refractivity contribution in [3.8, 4) is 0 Å². The molecule has 3 nitrogen and oxygen atoms in total. The van der Waals surface area contributed by atoms with Crippen molar-refractivity contribution in [1.29, 1.82) is 0 Å². The molecule has 1 aliphatic carbocycles. The molecule has 2 aliphatic heterocycles. The van der Waals surface area contributed by atoms with E-state index in [4.69, 9.17) is 14.2 Å². The molecule has 0 aromatic heterocycles. The van der Waals surface area contributed by atoms with Crippen LogP contribution < -0.4 is 0 Å². The van der Waals surface area contributed by atoms with Crippen molar-refractivity contribution >= 4 is 0 Å². The summed E-state index contributed by atoms with van der Waals surface area (Å²) in [6.45, 7) is 1.67. The number of fused-ring (bicyclic) bond motifs is 1. The highest BCUT2D eigenvalue weighted by molar-refractivity contribution is 4.95. The van der Waals surface area contributed by atoms with Gasteiger partial charge < -0.3 is 14.2 Å². The van der Waals surface area contributed by atoms with Crippen LogP contribution in [-0.4, -0.2) is 37.6 Å². The van der Waals surface area contributed by atoms with Gasteiger partial charge in [0.2, 0.25) is 0 Å². The monoisotopic (exact) mass is 170 g/mol. The number of hydrogen-bond acceptors (Lipinski definition) is 3. The van der Waals surface area contributed by atoms with Crippen LogP contribution in [0.25, 0.3) is 0 Å². The molecule has 0 radical (unpaired) electrons. The SMILES string of the molecule is C1CC(OCC2CO2)C2OC2C1. The van der Waals surface area contributed by atoms with Gasteiger partial charge in [-0.25, -0.2) is 0 Å². The second kappa shape index (κ2) is 2.69. The van der Waals surface area contributed by atoms with Gasteiger partial charge in [0.25, 0.3) is 0 Å². The van der Waals surface area contributed by atoms with E-state index in [0.29, 0.717) is 24.4 Å². The summed E-state index contributed by atoms with van der Waals surface area (Å²) in [5, 5.41) is 0. The Morgan fingerprint density at radius 2 is 2.25 bits per heavy atom. The summed E-state index contributed by atoms with van der Waals surface area (Å²) >= 11 is 0. The molecule has 4 unspecified atom stereocenters. The fourth-order valence-corrected chi connectivity index (χ4v) is 1.97. The van der Waals surface area contributed by atoms with Crippen molar-refractivity contribution in [2.24, 2.45) is 0 Å². The van der Waals surface area contributed by atoms with Gasteiger partial charge in [0.15, 0.2) is 0 Å². The number of epoxide rings is 2. The first-order valence-electron chi connectivity index (χ1n) is 4.82. The Kier molecular flexibility index (Phi) is 1.63. The molecule has 2 saturated heterocycles. The van der Waals surface area contributed by atoms with E-state index in [1.54, 1.807) is 0 Å². The van der Waals surface area contributed by atoms with Gasteiger partial charge >= 0.3 is 0 Å². The van der Waals surface area contributed by atoms with Crippen LogP contribution in [0.4, 0.5) is 0 Å². The van der Waals surface area contributed by atoms with Crippen LogP contribution in [0.15, 0.2) is 0 Å². The number of ether oxygens (including phenoxy) is 3. The molecule has 0 bridgehead atoms. The van der Waals surface area contributed by atoms with Gasteiger partial charge in [-0.3, -0.25) is 0 Å². The average molecular weight is 170 g/mol. The predicted molar refractivity (Wildman–Crippen MR) is 42.0 cm³/mol. The molecule has 2 heterocycles. The van der Waals surface area contributed by atoms with E-state index in [2.05, 4.69) is 0 Å². The Hall–Kier alpha value is -0.120. The quantitative estimate of drug-likeness (QED) is 0.585. The lowest BCUT2D eigenvalue weighted by Gasteiger charge is -2.18. The first kappa shape index (κ1) is 7.30. The van der Waals surface area contributed by atoms with Gasteiger partial charge in [-0.2, -0.15) is 0 Å². The van der Waals surface area contributed by atoms with Gasteiger partial charge in [-0.05, 0) is 19.3 Å². The van der Waals surface area contributed by atoms with Crippen molar-refractivity contribution in [1.82, 2.24) is 0 Å². The third-order valence-corrected chi connectivity index (χ3v) is 2.86. The lowest BCUT2D eigenvalue weighted by atomic mass is 9.98. The Morgan fingerprint density at radius 1 is 1.33 bits per heavy atom. The maximum atomic E-state index is 5.71. The predicted octanol–water partition coefficient (Wildman–Crippen LogP) is 0.722. The van der Waals surface area contributed by atoms with Crippen LogP contribution >= 0.6 is 0 Å². The number of hydrogen-bond donors (Lipinski definition) is 0. The molecule has 0 aromatic carbocycles. The minimum Gasteiger partial charge on any atom is -0.373 e. The van der Waals surface area contributed by atoms with E-state index in [1.807, 2.05) is 0 Å². The molecule has 3 rings (SSSR count). The largest absolute Gasteiger partial charge is 0.373 e. The van der Waals surface area contributed by atoms with Crippen LogP contribution in [-0.2, 0) is 14.2 Å². The summed E-state index contributed by atoms with van der Waals surface area (Å²) in [4.78, 5) is 0. The fourth-order valence-electron chi connectivity index (χ4n) is 1.97. The lowest BCUT2D eigenvalue weighted by Crippen LogP contribution is -2.26. The third kappa shape index (κ3) is 1.37. The Labute approximate surface area is 72.0 Å². The molecule has 0 aromatic rings. The molecule has 12 heavy (non-hydrogen) atoms. The van der Waals surface area contributed by atoms with Gasteiger partial charge in [0, 0.05) is 0 Å². The highest BCUT2D eigenvalue weighted by atomic mass is 16.6. The van der Waals surface area contributed by atoms with E-state index in [1.165, 1.54) is 19.3 Å². The summed E-state index contributed by atoms with van der Waals surface area (Å²) < 4.78 is 16.3. The molecule has 4 atom stereocenters. The Balaban J connectivity index is 1.47. The highest BCUT2D eigenvalue weighted by Crippen LogP contribution is 2.38. The normalized spacial score (nSPS) is 50.0. The van der Waals surface area contributed by atoms with Crippen LogP contribution in [0.2, 0.25) is 0 Å². The summed E-state index contributed by atoms with van der Waals surface area (Å²) in [5.74, 6) is 0. The van der Waals surface area contributed by atoms with Crippen LogP contribution in [0, 0.1) is 0 Å². The molecular weight excluding hydrogens is 156 g/mol. The van der Waals surface area contributed by atoms with E-state index >= 15 is 0 Å². The fraction of sp³-hybridized carbons (Fsp3) is 1.00. The summed E-state index contributed by atoms with van der Waals surface area (Å²) in [6.07, 6.45) is 5.40. The minimum absolute atomic E-state index is 0.368. The minimum atomic E-state index is 0.368. The number of rotatable bonds is 3. The summed E-state index contributed by atoms with van der Waals surface area (Å²) in [7, 11) is 0. The highest BCUT2D eigenvalue weighted by Gasteiger charge is 2.48.